The second-order valence-electron chi connectivity index (χ2n) is 5.17. The van der Waals surface area contributed by atoms with Crippen LogP contribution in [0.4, 0.5) is 0 Å². The van der Waals surface area contributed by atoms with E-state index in [1.165, 1.54) is 6.08 Å². The summed E-state index contributed by atoms with van der Waals surface area (Å²) < 4.78 is 9.45. The number of hydrogen-bond donors (Lipinski definition) is 2. The van der Waals surface area contributed by atoms with Crippen LogP contribution < -0.4 is 0 Å². The quantitative estimate of drug-likeness (QED) is 0.327. The van der Waals surface area contributed by atoms with E-state index in [-0.39, 0.29) is 29.7 Å². The van der Waals surface area contributed by atoms with Gasteiger partial charge in [0.25, 0.3) is 0 Å². The summed E-state index contributed by atoms with van der Waals surface area (Å²) in [5.41, 5.74) is 0.665. The summed E-state index contributed by atoms with van der Waals surface area (Å²) in [7, 11) is 0. The van der Waals surface area contributed by atoms with Gasteiger partial charge < -0.3 is 19.7 Å². The smallest absolute Gasteiger partial charge is 0.335 e. The Hall–Kier alpha value is -2.41. The van der Waals surface area contributed by atoms with Gasteiger partial charge in [0.1, 0.15) is 0 Å². The number of carbonyl (C=O) groups excluding carboxylic acids is 2. The lowest BCUT2D eigenvalue weighted by Crippen LogP contribution is -2.08. The number of ether oxygens (including phenoxy) is 2. The Morgan fingerprint density at radius 1 is 1.00 bits per heavy atom. The van der Waals surface area contributed by atoms with Gasteiger partial charge in [-0.15, -0.1) is 0 Å². The Labute approximate surface area is 155 Å². The molecule has 0 unspecified atom stereocenters. The second kappa shape index (κ2) is 16.1. The highest BCUT2D eigenvalue weighted by atomic mass is 16.5. The van der Waals surface area contributed by atoms with Crippen LogP contribution in [0.3, 0.4) is 0 Å². The molecule has 0 aliphatic rings. The zero-order valence-corrected chi connectivity index (χ0v) is 15.9. The van der Waals surface area contributed by atoms with Gasteiger partial charge in [-0.05, 0) is 26.2 Å². The van der Waals surface area contributed by atoms with Crippen molar-refractivity contribution in [2.45, 2.75) is 46.5 Å². The first-order valence-electron chi connectivity index (χ1n) is 8.47. The van der Waals surface area contributed by atoms with Gasteiger partial charge in [-0.25, -0.2) is 14.4 Å². The first-order chi connectivity index (χ1) is 12.2. The molecule has 0 aliphatic heterocycles. The maximum atomic E-state index is 11.4. The van der Waals surface area contributed by atoms with E-state index in [4.69, 9.17) is 14.9 Å². The minimum Gasteiger partial charge on any atom is -0.478 e. The number of allylic oxidation sites excluding steroid dienone is 1. The number of carbonyl (C=O) groups is 3. The van der Waals surface area contributed by atoms with Crippen LogP contribution in [-0.4, -0.2) is 47.9 Å². The minimum absolute atomic E-state index is 0.0943. The summed E-state index contributed by atoms with van der Waals surface area (Å²) in [6, 6.07) is 0. The molecule has 0 aliphatic carbocycles. The zero-order valence-electron chi connectivity index (χ0n) is 15.9. The van der Waals surface area contributed by atoms with Crippen molar-refractivity contribution in [3.8, 4) is 0 Å². The number of aliphatic carboxylic acids is 1. The van der Waals surface area contributed by atoms with E-state index in [2.05, 4.69) is 17.9 Å². The summed E-state index contributed by atoms with van der Waals surface area (Å²) >= 11 is 0. The van der Waals surface area contributed by atoms with Crippen LogP contribution in [-0.2, 0) is 23.9 Å². The standard InChI is InChI=1S/C13H20O4.C6H10O3/c1-4-6-9-17-13(16)10(3)7-8-11(5-2)12(14)15;1-3-9-6(8)5(2)4-7/h8H,3-7,9H2,1-2H3,(H,14,15);7H,2-4H2,1H3. The summed E-state index contributed by atoms with van der Waals surface area (Å²) in [6.45, 7) is 12.7. The second-order valence-corrected chi connectivity index (χ2v) is 5.17. The number of carboxylic acid groups (broad SMARTS) is 1. The average Bonchev–Trinajstić information content (AvgIpc) is 2.61. The molecule has 0 saturated carbocycles. The van der Waals surface area contributed by atoms with E-state index in [0.717, 1.165) is 12.8 Å². The Kier molecular flexibility index (Phi) is 16.0. The third kappa shape index (κ3) is 12.9. The summed E-state index contributed by atoms with van der Waals surface area (Å²) in [6.07, 6.45) is 3.93. The van der Waals surface area contributed by atoms with Crippen LogP contribution in [0.15, 0.2) is 36.0 Å². The Morgan fingerprint density at radius 3 is 2.00 bits per heavy atom. The minimum atomic E-state index is -0.959. The average molecular weight is 370 g/mol. The van der Waals surface area contributed by atoms with Crippen molar-refractivity contribution in [2.24, 2.45) is 0 Å². The molecule has 0 aromatic carbocycles. The fourth-order valence-corrected chi connectivity index (χ4v) is 1.42. The molecule has 148 valence electrons. The number of hydrogen-bond acceptors (Lipinski definition) is 6. The third-order valence-electron chi connectivity index (χ3n) is 3.03. The van der Waals surface area contributed by atoms with Crippen LogP contribution in [0, 0.1) is 0 Å². The Balaban J connectivity index is 0. The highest BCUT2D eigenvalue weighted by molar-refractivity contribution is 5.89. The van der Waals surface area contributed by atoms with Gasteiger partial charge in [-0.2, -0.15) is 0 Å². The van der Waals surface area contributed by atoms with Crippen molar-refractivity contribution in [1.29, 1.82) is 0 Å². The van der Waals surface area contributed by atoms with Crippen molar-refractivity contribution < 1.29 is 34.1 Å². The van der Waals surface area contributed by atoms with Crippen molar-refractivity contribution in [1.82, 2.24) is 0 Å². The van der Waals surface area contributed by atoms with Crippen LogP contribution >= 0.6 is 0 Å². The molecule has 7 heteroatoms. The molecule has 0 spiro atoms. The molecule has 0 amide bonds. The van der Waals surface area contributed by atoms with E-state index in [0.29, 0.717) is 19.6 Å². The molecule has 7 nitrogen and oxygen atoms in total. The maximum Gasteiger partial charge on any atom is 0.335 e. The van der Waals surface area contributed by atoms with Gasteiger partial charge in [-0.3, -0.25) is 0 Å². The summed E-state index contributed by atoms with van der Waals surface area (Å²) in [5.74, 6) is -1.94. The lowest BCUT2D eigenvalue weighted by molar-refractivity contribution is -0.140. The highest BCUT2D eigenvalue weighted by Gasteiger charge is 2.09. The van der Waals surface area contributed by atoms with Crippen molar-refractivity contribution in [3.63, 3.8) is 0 Å². The van der Waals surface area contributed by atoms with Crippen LogP contribution in [0.1, 0.15) is 46.5 Å². The molecule has 0 aromatic heterocycles. The number of unbranched alkanes of at least 4 members (excludes halogenated alkanes) is 1. The molecule has 0 saturated heterocycles. The highest BCUT2D eigenvalue weighted by Crippen LogP contribution is 2.08. The predicted octanol–water partition coefficient (Wildman–Crippen LogP) is 2.80. The van der Waals surface area contributed by atoms with Crippen LogP contribution in [0.2, 0.25) is 0 Å². The molecule has 0 radical (unpaired) electrons. The molecule has 26 heavy (non-hydrogen) atoms. The normalized spacial score (nSPS) is 10.2. The number of esters is 2. The van der Waals surface area contributed by atoms with Crippen LogP contribution in [0.5, 0.6) is 0 Å². The predicted molar refractivity (Wildman–Crippen MR) is 98.5 cm³/mol. The monoisotopic (exact) mass is 370 g/mol. The Morgan fingerprint density at radius 2 is 1.58 bits per heavy atom. The Bertz CT molecular complexity index is 518. The summed E-state index contributed by atoms with van der Waals surface area (Å²) in [5, 5.41) is 17.1. The van der Waals surface area contributed by atoms with Gasteiger partial charge in [0, 0.05) is 11.1 Å². The lowest BCUT2D eigenvalue weighted by Gasteiger charge is -2.05. The third-order valence-corrected chi connectivity index (χ3v) is 3.03. The van der Waals surface area contributed by atoms with Crippen molar-refractivity contribution >= 4 is 17.9 Å². The van der Waals surface area contributed by atoms with E-state index in [9.17, 15) is 14.4 Å². The molecule has 0 heterocycles. The van der Waals surface area contributed by atoms with Gasteiger partial charge in [0.05, 0.1) is 25.4 Å². The molecular weight excluding hydrogens is 340 g/mol. The zero-order chi connectivity index (χ0) is 20.5. The first-order valence-corrected chi connectivity index (χ1v) is 8.47. The first kappa shape index (κ1) is 25.8. The van der Waals surface area contributed by atoms with Gasteiger partial charge >= 0.3 is 17.9 Å². The molecular formula is C19H30O7. The van der Waals surface area contributed by atoms with E-state index >= 15 is 0 Å². The molecule has 0 atom stereocenters. The molecule has 0 bridgehead atoms. The fourth-order valence-electron chi connectivity index (χ4n) is 1.42. The molecule has 2 N–H and O–H groups in total. The van der Waals surface area contributed by atoms with E-state index in [1.807, 2.05) is 6.92 Å². The topological polar surface area (TPSA) is 110 Å². The fraction of sp³-hybridized carbons (Fsp3) is 0.526. The number of aliphatic hydroxyl groups is 1. The molecule has 0 fully saturated rings. The van der Waals surface area contributed by atoms with Crippen molar-refractivity contribution in [2.75, 3.05) is 19.8 Å². The maximum absolute atomic E-state index is 11.4. The molecule has 0 rings (SSSR count). The lowest BCUT2D eigenvalue weighted by atomic mass is 10.1. The number of aliphatic hydroxyl groups excluding tert-OH is 1. The van der Waals surface area contributed by atoms with E-state index < -0.39 is 17.9 Å². The SMILES string of the molecule is C=C(CC=C(CC)C(=O)O)C(=O)OCCCC.C=C(CO)C(=O)OCC. The molecule has 0 aromatic rings. The van der Waals surface area contributed by atoms with Crippen LogP contribution in [0.25, 0.3) is 0 Å². The number of rotatable bonds is 11. The van der Waals surface area contributed by atoms with E-state index in [1.54, 1.807) is 13.8 Å². The number of carboxylic acids is 1. The van der Waals surface area contributed by atoms with Crippen molar-refractivity contribution in [3.05, 3.63) is 36.0 Å². The largest absolute Gasteiger partial charge is 0.478 e. The van der Waals surface area contributed by atoms with Gasteiger partial charge in [0.15, 0.2) is 0 Å². The summed E-state index contributed by atoms with van der Waals surface area (Å²) in [4.78, 5) is 32.6. The van der Waals surface area contributed by atoms with Gasteiger partial charge in [0.2, 0.25) is 0 Å². The van der Waals surface area contributed by atoms with Gasteiger partial charge in [-0.1, -0.05) is 39.5 Å².